The number of aromatic amines is 1. The second-order valence-corrected chi connectivity index (χ2v) is 7.91. The Morgan fingerprint density at radius 1 is 1.17 bits per heavy atom. The van der Waals surface area contributed by atoms with Crippen LogP contribution in [0.2, 0.25) is 0 Å². The fraction of sp³-hybridized carbons (Fsp3) is 0.182. The lowest BCUT2D eigenvalue weighted by Crippen LogP contribution is -2.15. The molecule has 0 bridgehead atoms. The monoisotopic (exact) mass is 420 g/mol. The van der Waals surface area contributed by atoms with Crippen LogP contribution in [0.15, 0.2) is 47.8 Å². The van der Waals surface area contributed by atoms with Crippen LogP contribution in [0.3, 0.4) is 0 Å². The predicted octanol–water partition coefficient (Wildman–Crippen LogP) is 4.17. The van der Waals surface area contributed by atoms with E-state index in [1.54, 1.807) is 5.38 Å². The summed E-state index contributed by atoms with van der Waals surface area (Å²) in [6.07, 6.45) is 0.163. The summed E-state index contributed by atoms with van der Waals surface area (Å²) in [5.41, 5.74) is 4.51. The maximum Gasteiger partial charge on any atom is 0.359 e. The number of amides is 1. The van der Waals surface area contributed by atoms with Crippen LogP contribution in [0, 0.1) is 13.8 Å². The molecule has 0 saturated heterocycles. The van der Waals surface area contributed by atoms with Gasteiger partial charge in [0.2, 0.25) is 5.91 Å². The molecule has 4 rings (SSSR count). The SMILES string of the molecule is Cc1ccc(C)c(NC(=O)Cc2nc(COC(=O)c3n[nH]c4ccccc34)cs2)c1. The molecule has 2 heterocycles. The van der Waals surface area contributed by atoms with Crippen LogP contribution in [-0.4, -0.2) is 27.1 Å². The van der Waals surface area contributed by atoms with Crippen LogP contribution < -0.4 is 5.32 Å². The third-order valence-electron chi connectivity index (χ3n) is 4.59. The third kappa shape index (κ3) is 4.38. The average Bonchev–Trinajstić information content (AvgIpc) is 3.36. The van der Waals surface area contributed by atoms with Crippen LogP contribution in [0.1, 0.15) is 32.3 Å². The van der Waals surface area contributed by atoms with Crippen molar-refractivity contribution in [3.63, 3.8) is 0 Å². The number of aromatic nitrogens is 3. The zero-order valence-electron chi connectivity index (χ0n) is 16.6. The van der Waals surface area contributed by atoms with Crippen molar-refractivity contribution < 1.29 is 14.3 Å². The standard InChI is InChI=1S/C22H20N4O3S/c1-13-7-8-14(2)18(9-13)24-19(27)10-20-23-15(12-30-20)11-29-22(28)21-16-5-3-4-6-17(16)25-26-21/h3-9,12H,10-11H2,1-2H3,(H,24,27)(H,25,26). The first-order valence-electron chi connectivity index (χ1n) is 9.40. The highest BCUT2D eigenvalue weighted by Gasteiger charge is 2.16. The number of nitrogens with one attached hydrogen (secondary N) is 2. The Labute approximate surface area is 177 Å². The molecular formula is C22H20N4O3S. The molecular weight excluding hydrogens is 400 g/mol. The van der Waals surface area contributed by atoms with Crippen LogP contribution >= 0.6 is 11.3 Å². The number of nitrogens with zero attached hydrogens (tertiary/aromatic N) is 2. The van der Waals surface area contributed by atoms with Crippen molar-refractivity contribution in [3.05, 3.63) is 75.4 Å². The molecule has 152 valence electrons. The highest BCUT2D eigenvalue weighted by molar-refractivity contribution is 7.09. The lowest BCUT2D eigenvalue weighted by atomic mass is 10.1. The predicted molar refractivity (Wildman–Crippen MR) is 116 cm³/mol. The van der Waals surface area contributed by atoms with Crippen LogP contribution in [0.4, 0.5) is 5.69 Å². The summed E-state index contributed by atoms with van der Waals surface area (Å²) in [5.74, 6) is -0.653. The van der Waals surface area contributed by atoms with Gasteiger partial charge in [-0.15, -0.1) is 11.3 Å². The molecule has 30 heavy (non-hydrogen) atoms. The number of esters is 1. The van der Waals surface area contributed by atoms with E-state index in [1.165, 1.54) is 11.3 Å². The Kier molecular flexibility index (Phi) is 5.58. The second-order valence-electron chi connectivity index (χ2n) is 6.97. The number of ether oxygens (including phenoxy) is 1. The second kappa shape index (κ2) is 8.46. The van der Waals surface area contributed by atoms with E-state index in [4.69, 9.17) is 4.74 Å². The molecule has 7 nitrogen and oxygen atoms in total. The van der Waals surface area contributed by atoms with Gasteiger partial charge < -0.3 is 10.1 Å². The molecule has 0 atom stereocenters. The van der Waals surface area contributed by atoms with Gasteiger partial charge in [0.05, 0.1) is 17.6 Å². The Bertz CT molecular complexity index is 1230. The summed E-state index contributed by atoms with van der Waals surface area (Å²) in [6.45, 7) is 3.96. The highest BCUT2D eigenvalue weighted by atomic mass is 32.1. The van der Waals surface area contributed by atoms with Crippen molar-refractivity contribution in [2.45, 2.75) is 26.9 Å². The van der Waals surface area contributed by atoms with E-state index >= 15 is 0 Å². The van der Waals surface area contributed by atoms with Crippen LogP contribution in [0.5, 0.6) is 0 Å². The molecule has 0 fully saturated rings. The molecule has 0 saturated carbocycles. The first kappa shape index (κ1) is 19.8. The van der Waals surface area contributed by atoms with Crippen LogP contribution in [0.25, 0.3) is 10.9 Å². The fourth-order valence-electron chi connectivity index (χ4n) is 3.03. The fourth-order valence-corrected chi connectivity index (χ4v) is 3.80. The molecule has 1 amide bonds. The molecule has 8 heteroatoms. The smallest absolute Gasteiger partial charge is 0.359 e. The van der Waals surface area contributed by atoms with Gasteiger partial charge in [-0.05, 0) is 37.1 Å². The molecule has 0 aliphatic carbocycles. The van der Waals surface area contributed by atoms with E-state index in [9.17, 15) is 9.59 Å². The summed E-state index contributed by atoms with van der Waals surface area (Å²) in [6, 6.07) is 13.3. The first-order chi connectivity index (χ1) is 14.5. The molecule has 0 spiro atoms. The molecule has 0 radical (unpaired) electrons. The van der Waals surface area contributed by atoms with Crippen molar-refractivity contribution in [1.29, 1.82) is 0 Å². The number of para-hydroxylation sites is 1. The van der Waals surface area contributed by atoms with E-state index < -0.39 is 5.97 Å². The van der Waals surface area contributed by atoms with Gasteiger partial charge in [0.15, 0.2) is 5.69 Å². The Morgan fingerprint density at radius 2 is 2.00 bits per heavy atom. The van der Waals surface area contributed by atoms with Crippen molar-refractivity contribution in [3.8, 4) is 0 Å². The molecule has 2 aromatic heterocycles. The van der Waals surface area contributed by atoms with Crippen LogP contribution in [-0.2, 0) is 22.6 Å². The summed E-state index contributed by atoms with van der Waals surface area (Å²) in [5, 5.41) is 12.9. The zero-order chi connectivity index (χ0) is 21.1. The lowest BCUT2D eigenvalue weighted by Gasteiger charge is -2.08. The topological polar surface area (TPSA) is 97.0 Å². The number of thiazole rings is 1. The maximum atomic E-state index is 12.4. The van der Waals surface area contributed by atoms with E-state index in [0.29, 0.717) is 16.1 Å². The van der Waals surface area contributed by atoms with Crippen molar-refractivity contribution in [1.82, 2.24) is 15.2 Å². The van der Waals surface area contributed by atoms with E-state index in [2.05, 4.69) is 20.5 Å². The van der Waals surface area contributed by atoms with Gasteiger partial charge in [-0.1, -0.05) is 30.3 Å². The van der Waals surface area contributed by atoms with E-state index in [0.717, 1.165) is 22.3 Å². The van der Waals surface area contributed by atoms with Gasteiger partial charge in [-0.25, -0.2) is 9.78 Å². The van der Waals surface area contributed by atoms with Gasteiger partial charge in [0.1, 0.15) is 11.6 Å². The summed E-state index contributed by atoms with van der Waals surface area (Å²) >= 11 is 1.36. The number of fused-ring (bicyclic) bond motifs is 1. The summed E-state index contributed by atoms with van der Waals surface area (Å²) < 4.78 is 5.35. The number of hydrogen-bond donors (Lipinski definition) is 2. The number of rotatable bonds is 6. The van der Waals surface area contributed by atoms with E-state index in [1.807, 2.05) is 56.3 Å². The number of H-pyrrole nitrogens is 1. The van der Waals surface area contributed by atoms with Crippen molar-refractivity contribution >= 4 is 39.8 Å². The van der Waals surface area contributed by atoms with E-state index in [-0.39, 0.29) is 24.6 Å². The summed E-state index contributed by atoms with van der Waals surface area (Å²) in [4.78, 5) is 29.1. The Morgan fingerprint density at radius 3 is 2.87 bits per heavy atom. The number of benzene rings is 2. The first-order valence-corrected chi connectivity index (χ1v) is 10.3. The number of anilines is 1. The number of aryl methyl sites for hydroxylation is 2. The molecule has 2 aromatic carbocycles. The highest BCUT2D eigenvalue weighted by Crippen LogP contribution is 2.19. The molecule has 4 aromatic rings. The lowest BCUT2D eigenvalue weighted by molar-refractivity contribution is -0.115. The van der Waals surface area contributed by atoms with Crippen molar-refractivity contribution in [2.75, 3.05) is 5.32 Å². The number of carbonyl (C=O) groups excluding carboxylic acids is 2. The molecule has 2 N–H and O–H groups in total. The Hall–Kier alpha value is -3.52. The molecule has 0 aliphatic heterocycles. The number of carbonyl (C=O) groups is 2. The van der Waals surface area contributed by atoms with Gasteiger partial charge in [-0.3, -0.25) is 9.89 Å². The van der Waals surface area contributed by atoms with Gasteiger partial charge >= 0.3 is 5.97 Å². The average molecular weight is 420 g/mol. The maximum absolute atomic E-state index is 12.4. The number of hydrogen-bond acceptors (Lipinski definition) is 6. The Balaban J connectivity index is 1.34. The minimum absolute atomic E-state index is 0.0229. The minimum Gasteiger partial charge on any atom is -0.454 e. The zero-order valence-corrected chi connectivity index (χ0v) is 17.4. The van der Waals surface area contributed by atoms with Gasteiger partial charge in [0.25, 0.3) is 0 Å². The summed E-state index contributed by atoms with van der Waals surface area (Å²) in [7, 11) is 0. The largest absolute Gasteiger partial charge is 0.454 e. The quantitative estimate of drug-likeness (QED) is 0.456. The molecule has 0 unspecified atom stereocenters. The minimum atomic E-state index is -0.519. The van der Waals surface area contributed by atoms with Gasteiger partial charge in [-0.2, -0.15) is 5.10 Å². The molecule has 0 aliphatic rings. The van der Waals surface area contributed by atoms with Gasteiger partial charge in [0, 0.05) is 16.5 Å². The normalized spacial score (nSPS) is 10.9. The van der Waals surface area contributed by atoms with Crippen molar-refractivity contribution in [2.24, 2.45) is 0 Å². The third-order valence-corrected chi connectivity index (χ3v) is 5.49.